The number of benzene rings is 2. The second-order valence-corrected chi connectivity index (χ2v) is 4.86. The molecule has 0 atom stereocenters. The maximum atomic E-state index is 11.8. The summed E-state index contributed by atoms with van der Waals surface area (Å²) in [6, 6.07) is 9.15. The molecule has 0 radical (unpaired) electrons. The molecule has 2 rings (SSSR count). The van der Waals surface area contributed by atoms with Crippen molar-refractivity contribution in [2.24, 2.45) is 5.10 Å². The molecule has 10 heteroatoms. The van der Waals surface area contributed by atoms with Crippen molar-refractivity contribution in [2.45, 2.75) is 6.42 Å². The Balaban J connectivity index is 2.08. The smallest absolute Gasteiger partial charge is 0.278 e. The quantitative estimate of drug-likeness (QED) is 0.464. The lowest BCUT2D eigenvalue weighted by atomic mass is 10.1. The summed E-state index contributed by atoms with van der Waals surface area (Å²) in [5, 5.41) is 34.7. The van der Waals surface area contributed by atoms with Crippen molar-refractivity contribution in [2.75, 3.05) is 0 Å². The topological polar surface area (TPSA) is 148 Å². The largest absolute Gasteiger partial charge is 0.508 e. The van der Waals surface area contributed by atoms with Gasteiger partial charge in [-0.1, -0.05) is 18.2 Å². The Kier molecular flexibility index (Phi) is 5.36. The number of rotatable bonds is 6. The van der Waals surface area contributed by atoms with Crippen LogP contribution in [0.1, 0.15) is 11.1 Å². The third-order valence-corrected chi connectivity index (χ3v) is 3.14. The highest BCUT2D eigenvalue weighted by atomic mass is 16.6. The molecule has 0 spiro atoms. The van der Waals surface area contributed by atoms with E-state index in [4.69, 9.17) is 0 Å². The van der Waals surface area contributed by atoms with Gasteiger partial charge in [0.05, 0.1) is 28.0 Å². The minimum Gasteiger partial charge on any atom is -0.508 e. The van der Waals surface area contributed by atoms with Gasteiger partial charge in [-0.05, 0) is 12.1 Å². The second kappa shape index (κ2) is 7.64. The van der Waals surface area contributed by atoms with Crippen LogP contribution in [-0.2, 0) is 11.2 Å². The number of nitro benzene ring substituents is 2. The molecule has 25 heavy (non-hydrogen) atoms. The van der Waals surface area contributed by atoms with E-state index >= 15 is 0 Å². The van der Waals surface area contributed by atoms with Crippen LogP contribution >= 0.6 is 0 Å². The highest BCUT2D eigenvalue weighted by molar-refractivity contribution is 5.87. The maximum absolute atomic E-state index is 11.8. The lowest BCUT2D eigenvalue weighted by molar-refractivity contribution is -0.385. The van der Waals surface area contributed by atoms with E-state index < -0.39 is 15.8 Å². The van der Waals surface area contributed by atoms with Crippen LogP contribution in [0, 0.1) is 20.2 Å². The SMILES string of the molecule is O=C(Cc1ccccc1[N+](=O)[O-])N/N=C/c1cc(O)ccc1[N+](=O)[O-]. The normalized spacial score (nSPS) is 10.6. The first kappa shape index (κ1) is 17.5. The predicted octanol–water partition coefficient (Wildman–Crippen LogP) is 1.90. The average molecular weight is 344 g/mol. The molecule has 0 aliphatic heterocycles. The van der Waals surface area contributed by atoms with Gasteiger partial charge < -0.3 is 5.11 Å². The lowest BCUT2D eigenvalue weighted by Crippen LogP contribution is -2.20. The molecule has 2 aromatic carbocycles. The van der Waals surface area contributed by atoms with Crippen LogP contribution in [0.5, 0.6) is 5.75 Å². The standard InChI is InChI=1S/C15H12N4O6/c20-12-5-6-14(19(24)25)11(7-12)9-16-17-15(21)8-10-3-1-2-4-13(10)18(22)23/h1-7,9,20H,8H2,(H,17,21)/b16-9+. The maximum Gasteiger partial charge on any atom is 0.278 e. The minimum atomic E-state index is -0.657. The molecule has 2 aromatic rings. The first-order valence-corrected chi connectivity index (χ1v) is 6.90. The molecule has 0 bridgehead atoms. The Bertz CT molecular complexity index is 865. The van der Waals surface area contributed by atoms with Crippen molar-refractivity contribution >= 4 is 23.5 Å². The number of nitrogens with one attached hydrogen (secondary N) is 1. The highest BCUT2D eigenvalue weighted by Gasteiger charge is 2.15. The van der Waals surface area contributed by atoms with E-state index in [1.807, 2.05) is 0 Å². The Morgan fingerprint density at radius 1 is 1.12 bits per heavy atom. The molecular formula is C15H12N4O6. The van der Waals surface area contributed by atoms with Crippen LogP contribution in [0.25, 0.3) is 0 Å². The molecule has 0 saturated heterocycles. The van der Waals surface area contributed by atoms with Crippen molar-refractivity contribution in [1.29, 1.82) is 0 Å². The fourth-order valence-corrected chi connectivity index (χ4v) is 2.04. The molecule has 0 aliphatic carbocycles. The number of hydrogen-bond acceptors (Lipinski definition) is 7. The van der Waals surface area contributed by atoms with Gasteiger partial charge in [0.15, 0.2) is 0 Å². The number of nitrogens with zero attached hydrogens (tertiary/aromatic N) is 3. The fourth-order valence-electron chi connectivity index (χ4n) is 2.04. The predicted molar refractivity (Wildman–Crippen MR) is 87.3 cm³/mol. The summed E-state index contributed by atoms with van der Waals surface area (Å²) in [6.45, 7) is 0. The van der Waals surface area contributed by atoms with Crippen LogP contribution in [0.3, 0.4) is 0 Å². The van der Waals surface area contributed by atoms with Crippen molar-refractivity contribution in [3.8, 4) is 5.75 Å². The van der Waals surface area contributed by atoms with E-state index in [1.54, 1.807) is 6.07 Å². The molecule has 1 amide bonds. The molecule has 2 N–H and O–H groups in total. The number of hydrazone groups is 1. The summed E-state index contributed by atoms with van der Waals surface area (Å²) in [7, 11) is 0. The number of aromatic hydroxyl groups is 1. The zero-order valence-corrected chi connectivity index (χ0v) is 12.7. The summed E-state index contributed by atoms with van der Waals surface area (Å²) in [6.07, 6.45) is 0.728. The molecule has 0 aromatic heterocycles. The summed E-state index contributed by atoms with van der Waals surface area (Å²) < 4.78 is 0. The zero-order valence-electron chi connectivity index (χ0n) is 12.7. The van der Waals surface area contributed by atoms with E-state index in [0.717, 1.165) is 24.4 Å². The van der Waals surface area contributed by atoms with Crippen LogP contribution < -0.4 is 5.43 Å². The molecule has 0 fully saturated rings. The Labute approximate surface area is 140 Å². The third kappa shape index (κ3) is 4.58. The second-order valence-electron chi connectivity index (χ2n) is 4.86. The number of nitro groups is 2. The van der Waals surface area contributed by atoms with Gasteiger partial charge >= 0.3 is 0 Å². The average Bonchev–Trinajstić information content (AvgIpc) is 2.55. The van der Waals surface area contributed by atoms with Gasteiger partial charge in [-0.15, -0.1) is 0 Å². The summed E-state index contributed by atoms with van der Waals surface area (Å²) >= 11 is 0. The number of phenols is 1. The van der Waals surface area contributed by atoms with E-state index in [2.05, 4.69) is 10.5 Å². The number of amides is 1. The number of phenolic OH excluding ortho intramolecular Hbond substituents is 1. The van der Waals surface area contributed by atoms with Gasteiger partial charge in [-0.25, -0.2) is 5.43 Å². The first-order chi connectivity index (χ1) is 11.9. The molecule has 0 unspecified atom stereocenters. The molecule has 0 aliphatic rings. The number of carbonyl (C=O) groups excluding carboxylic acids is 1. The van der Waals surface area contributed by atoms with Crippen molar-refractivity contribution in [3.05, 3.63) is 73.8 Å². The summed E-state index contributed by atoms with van der Waals surface area (Å²) in [5.74, 6) is -0.827. The van der Waals surface area contributed by atoms with Gasteiger partial charge in [0.2, 0.25) is 5.91 Å². The molecule has 128 valence electrons. The van der Waals surface area contributed by atoms with Crippen LogP contribution in [0.2, 0.25) is 0 Å². The molecule has 0 saturated carbocycles. The summed E-state index contributed by atoms with van der Waals surface area (Å²) in [4.78, 5) is 32.4. The number of hydrogen-bond donors (Lipinski definition) is 2. The van der Waals surface area contributed by atoms with Crippen LogP contribution in [0.15, 0.2) is 47.6 Å². The Morgan fingerprint density at radius 2 is 1.80 bits per heavy atom. The molecule has 0 heterocycles. The van der Waals surface area contributed by atoms with Crippen molar-refractivity contribution in [1.82, 2.24) is 5.43 Å². The van der Waals surface area contributed by atoms with Gasteiger partial charge in [0, 0.05) is 17.7 Å². The third-order valence-electron chi connectivity index (χ3n) is 3.14. The van der Waals surface area contributed by atoms with Gasteiger partial charge in [0.1, 0.15) is 5.75 Å². The number of carbonyl (C=O) groups is 1. The monoisotopic (exact) mass is 344 g/mol. The van der Waals surface area contributed by atoms with Crippen molar-refractivity contribution in [3.63, 3.8) is 0 Å². The first-order valence-electron chi connectivity index (χ1n) is 6.90. The molecular weight excluding hydrogens is 332 g/mol. The van der Waals surface area contributed by atoms with Crippen LogP contribution in [0.4, 0.5) is 11.4 Å². The van der Waals surface area contributed by atoms with Crippen LogP contribution in [-0.4, -0.2) is 27.1 Å². The zero-order chi connectivity index (χ0) is 18.4. The van der Waals surface area contributed by atoms with Crippen molar-refractivity contribution < 1.29 is 19.7 Å². The Morgan fingerprint density at radius 3 is 2.48 bits per heavy atom. The fraction of sp³-hybridized carbons (Fsp3) is 0.0667. The van der Waals surface area contributed by atoms with Gasteiger partial charge in [0.25, 0.3) is 11.4 Å². The van der Waals surface area contributed by atoms with E-state index in [-0.39, 0.29) is 34.7 Å². The van der Waals surface area contributed by atoms with E-state index in [9.17, 15) is 30.1 Å². The van der Waals surface area contributed by atoms with Gasteiger partial charge in [-0.2, -0.15) is 5.10 Å². The van der Waals surface area contributed by atoms with E-state index in [1.165, 1.54) is 18.2 Å². The molecule has 10 nitrogen and oxygen atoms in total. The van der Waals surface area contributed by atoms with Gasteiger partial charge in [-0.3, -0.25) is 25.0 Å². The lowest BCUT2D eigenvalue weighted by Gasteiger charge is -2.02. The number of para-hydroxylation sites is 1. The minimum absolute atomic E-state index is 0.00371. The highest BCUT2D eigenvalue weighted by Crippen LogP contribution is 2.21. The Hall–Kier alpha value is -3.82. The summed E-state index contributed by atoms with van der Waals surface area (Å²) in [5.41, 5.74) is 1.86. The van der Waals surface area contributed by atoms with E-state index in [0.29, 0.717) is 0 Å².